The minimum absolute atomic E-state index is 0.305. The van der Waals surface area contributed by atoms with Crippen molar-refractivity contribution in [1.82, 2.24) is 0 Å². The molecule has 2 heteroatoms. The number of rotatable bonds is 3. The van der Waals surface area contributed by atoms with Crippen molar-refractivity contribution in [2.45, 2.75) is 6.42 Å². The van der Waals surface area contributed by atoms with Gasteiger partial charge in [0.2, 0.25) is 0 Å². The molecule has 0 aliphatic carbocycles. The summed E-state index contributed by atoms with van der Waals surface area (Å²) in [6.45, 7) is -0.305. The highest BCUT2D eigenvalue weighted by molar-refractivity contribution is 5.10. The van der Waals surface area contributed by atoms with Gasteiger partial charge < -0.3 is 0 Å². The molecule has 0 saturated carbocycles. The second-order valence-electron chi connectivity index (χ2n) is 1.66. The fourth-order valence-corrected chi connectivity index (χ4v) is 0.460. The van der Waals surface area contributed by atoms with E-state index in [1.807, 2.05) is 6.07 Å². The number of nitriles is 2. The van der Waals surface area contributed by atoms with Gasteiger partial charge in [-0.2, -0.15) is 10.5 Å². The Morgan fingerprint density at radius 3 is 3.00 bits per heavy atom. The Morgan fingerprint density at radius 2 is 2.50 bits per heavy atom. The van der Waals surface area contributed by atoms with Crippen LogP contribution in [0.1, 0.15) is 9.16 Å². The Morgan fingerprint density at radius 1 is 1.70 bits per heavy atom. The standard InChI is InChI=1S/C8H8N2/c1-2-4-8(7-10)5-3-6-9/h2-3,5,8H,1,4H2/b5-3+/i1D2. The van der Waals surface area contributed by atoms with Crippen LogP contribution >= 0.6 is 0 Å². The fraction of sp³-hybridized carbons (Fsp3) is 0.250. The van der Waals surface area contributed by atoms with E-state index in [0.29, 0.717) is 6.42 Å². The van der Waals surface area contributed by atoms with Gasteiger partial charge in [0, 0.05) is 6.08 Å². The molecule has 0 aromatic heterocycles. The Bertz CT molecular complexity index is 264. The van der Waals surface area contributed by atoms with E-state index in [9.17, 15) is 0 Å². The van der Waals surface area contributed by atoms with Crippen LogP contribution in [0, 0.1) is 28.6 Å². The van der Waals surface area contributed by atoms with Crippen molar-refractivity contribution >= 4 is 0 Å². The molecule has 0 fully saturated rings. The van der Waals surface area contributed by atoms with Crippen molar-refractivity contribution in [2.75, 3.05) is 0 Å². The van der Waals surface area contributed by atoms with Gasteiger partial charge >= 0.3 is 0 Å². The molecule has 10 heavy (non-hydrogen) atoms. The maximum Gasteiger partial charge on any atom is 0.0909 e. The average molecular weight is 134 g/mol. The first-order valence-corrected chi connectivity index (χ1v) is 2.80. The van der Waals surface area contributed by atoms with Crippen LogP contribution in [-0.2, 0) is 0 Å². The SMILES string of the molecule is [2H]C([2H])=CCC(C#N)/C=C/C#N. The van der Waals surface area contributed by atoms with Gasteiger partial charge in [-0.25, -0.2) is 0 Å². The summed E-state index contributed by atoms with van der Waals surface area (Å²) in [5.41, 5.74) is 0. The zero-order valence-electron chi connectivity index (χ0n) is 7.41. The van der Waals surface area contributed by atoms with Crippen LogP contribution in [0.3, 0.4) is 0 Å². The van der Waals surface area contributed by atoms with Crippen molar-refractivity contribution in [3.05, 3.63) is 24.8 Å². The van der Waals surface area contributed by atoms with E-state index in [2.05, 4.69) is 0 Å². The van der Waals surface area contributed by atoms with Gasteiger partial charge in [0.05, 0.1) is 20.8 Å². The molecule has 0 amide bonds. The summed E-state index contributed by atoms with van der Waals surface area (Å²) in [5, 5.41) is 16.7. The van der Waals surface area contributed by atoms with Crippen LogP contribution < -0.4 is 0 Å². The molecule has 0 radical (unpaired) electrons. The highest BCUT2D eigenvalue weighted by atomic mass is 14.3. The Kier molecular flexibility index (Phi) is 2.94. The molecule has 0 saturated heterocycles. The summed E-state index contributed by atoms with van der Waals surface area (Å²) < 4.78 is 13.5. The van der Waals surface area contributed by atoms with Crippen molar-refractivity contribution < 1.29 is 2.74 Å². The van der Waals surface area contributed by atoms with Crippen LogP contribution in [0.25, 0.3) is 0 Å². The zero-order chi connectivity index (χ0) is 9.40. The second kappa shape index (κ2) is 5.59. The van der Waals surface area contributed by atoms with Gasteiger partial charge in [-0.1, -0.05) is 12.2 Å². The fourth-order valence-electron chi connectivity index (χ4n) is 0.460. The smallest absolute Gasteiger partial charge is 0.0909 e. The molecule has 0 heterocycles. The largest absolute Gasteiger partial charge is 0.198 e. The third kappa shape index (κ3) is 3.46. The lowest BCUT2D eigenvalue weighted by atomic mass is 10.1. The minimum Gasteiger partial charge on any atom is -0.198 e. The lowest BCUT2D eigenvalue weighted by Gasteiger charge is -1.93. The van der Waals surface area contributed by atoms with Crippen LogP contribution in [0.15, 0.2) is 24.8 Å². The normalized spacial score (nSPS) is 14.2. The molecule has 50 valence electrons. The second-order valence-corrected chi connectivity index (χ2v) is 1.66. The summed E-state index contributed by atoms with van der Waals surface area (Å²) in [5.74, 6) is -0.407. The number of allylic oxidation sites excluding steroid dienone is 3. The maximum absolute atomic E-state index is 8.50. The van der Waals surface area contributed by atoms with Crippen LogP contribution in [0.2, 0.25) is 0 Å². The summed E-state index contributed by atoms with van der Waals surface area (Å²) in [6.07, 6.45) is 4.33. The van der Waals surface area contributed by atoms with Crippen molar-refractivity contribution in [1.29, 1.82) is 10.5 Å². The van der Waals surface area contributed by atoms with Crippen LogP contribution in [0.5, 0.6) is 0 Å². The third-order valence-electron chi connectivity index (χ3n) is 0.941. The first-order chi connectivity index (χ1) is 5.70. The van der Waals surface area contributed by atoms with Crippen LogP contribution in [0.4, 0.5) is 0 Å². The van der Waals surface area contributed by atoms with E-state index in [1.54, 1.807) is 6.07 Å². The van der Waals surface area contributed by atoms with Gasteiger partial charge in [-0.05, 0) is 6.42 Å². The van der Waals surface area contributed by atoms with E-state index in [1.165, 1.54) is 18.2 Å². The number of hydrogen-bond donors (Lipinski definition) is 0. The lowest BCUT2D eigenvalue weighted by molar-refractivity contribution is 0.849. The summed E-state index contributed by atoms with van der Waals surface area (Å²) in [6, 6.07) is 3.72. The predicted octanol–water partition coefficient (Wildman–Crippen LogP) is 1.78. The predicted molar refractivity (Wildman–Crippen MR) is 38.7 cm³/mol. The summed E-state index contributed by atoms with van der Waals surface area (Å²) >= 11 is 0. The van der Waals surface area contributed by atoms with Gasteiger partial charge in [-0.15, -0.1) is 6.53 Å². The molecule has 0 aliphatic rings. The Labute approximate surface area is 63.5 Å². The summed E-state index contributed by atoms with van der Waals surface area (Å²) in [7, 11) is 0. The first-order valence-electron chi connectivity index (χ1n) is 3.80. The maximum atomic E-state index is 8.50. The minimum atomic E-state index is -0.407. The van der Waals surface area contributed by atoms with Crippen molar-refractivity contribution in [3.8, 4) is 12.1 Å². The van der Waals surface area contributed by atoms with E-state index in [0.717, 1.165) is 0 Å². The lowest BCUT2D eigenvalue weighted by Crippen LogP contribution is -1.87. The first kappa shape index (κ1) is 5.26. The highest BCUT2D eigenvalue weighted by Crippen LogP contribution is 2.02. The molecular formula is C8H8N2. The van der Waals surface area contributed by atoms with E-state index in [4.69, 9.17) is 13.3 Å². The quantitative estimate of drug-likeness (QED) is 0.436. The third-order valence-corrected chi connectivity index (χ3v) is 0.941. The van der Waals surface area contributed by atoms with E-state index >= 15 is 0 Å². The molecule has 1 atom stereocenters. The number of nitrogens with zero attached hydrogens (tertiary/aromatic N) is 2. The Hall–Kier alpha value is -1.54. The van der Waals surface area contributed by atoms with Crippen LogP contribution in [-0.4, -0.2) is 0 Å². The highest BCUT2D eigenvalue weighted by Gasteiger charge is 1.96. The molecule has 0 bridgehead atoms. The molecular weight excluding hydrogens is 124 g/mol. The molecule has 0 aromatic carbocycles. The monoisotopic (exact) mass is 134 g/mol. The molecule has 0 aromatic rings. The molecule has 1 unspecified atom stereocenters. The topological polar surface area (TPSA) is 47.6 Å². The molecule has 2 nitrogen and oxygen atoms in total. The Balaban J connectivity index is 4.05. The molecule has 0 spiro atoms. The van der Waals surface area contributed by atoms with Crippen molar-refractivity contribution in [3.63, 3.8) is 0 Å². The van der Waals surface area contributed by atoms with E-state index in [-0.39, 0.29) is 6.53 Å². The number of hydrogen-bond acceptors (Lipinski definition) is 2. The molecule has 0 rings (SSSR count). The van der Waals surface area contributed by atoms with Crippen molar-refractivity contribution in [2.24, 2.45) is 5.92 Å². The van der Waals surface area contributed by atoms with Gasteiger partial charge in [0.15, 0.2) is 0 Å². The van der Waals surface area contributed by atoms with Gasteiger partial charge in [-0.3, -0.25) is 0 Å². The average Bonchev–Trinajstić information content (AvgIpc) is 2.05. The molecule has 0 aliphatic heterocycles. The van der Waals surface area contributed by atoms with E-state index < -0.39 is 5.92 Å². The molecule has 0 N–H and O–H groups in total. The van der Waals surface area contributed by atoms with Gasteiger partial charge in [0.1, 0.15) is 0 Å². The zero-order valence-corrected chi connectivity index (χ0v) is 5.41. The summed E-state index contributed by atoms with van der Waals surface area (Å²) in [4.78, 5) is 0. The van der Waals surface area contributed by atoms with Gasteiger partial charge in [0.25, 0.3) is 0 Å².